The molecule has 0 aliphatic carbocycles. The van der Waals surface area contributed by atoms with E-state index in [9.17, 15) is 9.18 Å². The highest BCUT2D eigenvalue weighted by molar-refractivity contribution is 9.09. The average Bonchev–Trinajstić information content (AvgIpc) is 2.93. The van der Waals surface area contributed by atoms with Gasteiger partial charge < -0.3 is 10.1 Å². The van der Waals surface area contributed by atoms with Crippen LogP contribution in [0, 0.1) is 12.7 Å². The van der Waals surface area contributed by atoms with Crippen LogP contribution < -0.4 is 10.1 Å². The molecule has 1 heterocycles. The second-order valence-corrected chi connectivity index (χ2v) is 6.60. The maximum atomic E-state index is 14.5. The first-order valence-electron chi connectivity index (χ1n) is 8.28. The van der Waals surface area contributed by atoms with Crippen molar-refractivity contribution in [3.63, 3.8) is 0 Å². The molecule has 0 spiro atoms. The number of carbonyl (C=O) groups is 1. The Morgan fingerprint density at radius 3 is 2.84 bits per heavy atom. The highest BCUT2D eigenvalue weighted by atomic mass is 79.9. The predicted molar refractivity (Wildman–Crippen MR) is 98.7 cm³/mol. The van der Waals surface area contributed by atoms with E-state index in [1.54, 1.807) is 31.3 Å². The summed E-state index contributed by atoms with van der Waals surface area (Å²) in [5, 5.41) is 7.82. The molecule has 1 amide bonds. The number of hydrogen-bond acceptors (Lipinski definition) is 3. The Morgan fingerprint density at radius 1 is 1.36 bits per heavy atom. The Hall–Kier alpha value is -1.89. The number of ether oxygens (including phenoxy) is 1. The Labute approximate surface area is 155 Å². The van der Waals surface area contributed by atoms with Gasteiger partial charge in [-0.15, -0.1) is 0 Å². The van der Waals surface area contributed by atoms with Crippen molar-refractivity contribution in [2.24, 2.45) is 7.05 Å². The summed E-state index contributed by atoms with van der Waals surface area (Å²) < 4.78 is 21.5. The minimum atomic E-state index is -0.426. The highest BCUT2D eigenvalue weighted by Gasteiger charge is 2.14. The normalized spacial score (nSPS) is 10.7. The number of nitrogens with zero attached hydrogens (tertiary/aromatic N) is 2. The van der Waals surface area contributed by atoms with Gasteiger partial charge in [0.15, 0.2) is 11.6 Å². The standard InChI is InChI=1S/C18H23BrFN3O2/c1-13-11-15(23(2)22-13)18(24)21-12-14-7-6-8-16(17(14)20)25-10-5-3-4-9-19/h6-8,11H,3-5,9-10,12H2,1-2H3,(H,21,24). The number of aromatic nitrogens is 2. The van der Waals surface area contributed by atoms with Gasteiger partial charge in [0.25, 0.3) is 5.91 Å². The molecule has 0 saturated carbocycles. The van der Waals surface area contributed by atoms with Crippen LogP contribution in [-0.4, -0.2) is 27.6 Å². The number of benzene rings is 1. The lowest BCUT2D eigenvalue weighted by molar-refractivity contribution is 0.0941. The number of halogens is 2. The molecule has 0 atom stereocenters. The zero-order chi connectivity index (χ0) is 18.2. The number of rotatable bonds is 9. The largest absolute Gasteiger partial charge is 0.491 e. The first-order chi connectivity index (χ1) is 12.0. The number of hydrogen-bond donors (Lipinski definition) is 1. The summed E-state index contributed by atoms with van der Waals surface area (Å²) in [4.78, 5) is 12.2. The van der Waals surface area contributed by atoms with Gasteiger partial charge >= 0.3 is 0 Å². The number of nitrogens with one attached hydrogen (secondary N) is 1. The second kappa shape index (κ2) is 9.56. The van der Waals surface area contributed by atoms with Crippen LogP contribution in [0.4, 0.5) is 4.39 Å². The lowest BCUT2D eigenvalue weighted by atomic mass is 10.2. The highest BCUT2D eigenvalue weighted by Crippen LogP contribution is 2.21. The van der Waals surface area contributed by atoms with Crippen LogP contribution in [0.15, 0.2) is 24.3 Å². The molecule has 136 valence electrons. The van der Waals surface area contributed by atoms with E-state index in [0.717, 1.165) is 30.3 Å². The van der Waals surface area contributed by atoms with Crippen LogP contribution in [0.3, 0.4) is 0 Å². The number of amides is 1. The summed E-state index contributed by atoms with van der Waals surface area (Å²) in [5.74, 6) is -0.491. The SMILES string of the molecule is Cc1cc(C(=O)NCc2cccc(OCCCCCBr)c2F)n(C)n1. The van der Waals surface area contributed by atoms with Gasteiger partial charge in [-0.1, -0.05) is 28.1 Å². The van der Waals surface area contributed by atoms with Crippen molar-refractivity contribution >= 4 is 21.8 Å². The summed E-state index contributed by atoms with van der Waals surface area (Å²) in [5.41, 5.74) is 1.59. The first kappa shape index (κ1) is 19.4. The Kier molecular flexibility index (Phi) is 7.43. The van der Waals surface area contributed by atoms with Gasteiger partial charge in [0, 0.05) is 24.5 Å². The monoisotopic (exact) mass is 411 g/mol. The van der Waals surface area contributed by atoms with Crippen molar-refractivity contribution in [2.75, 3.05) is 11.9 Å². The molecule has 2 rings (SSSR count). The number of unbranched alkanes of at least 4 members (excludes halogenated alkanes) is 2. The minimum Gasteiger partial charge on any atom is -0.491 e. The summed E-state index contributed by atoms with van der Waals surface area (Å²) in [6.07, 6.45) is 2.99. The van der Waals surface area contributed by atoms with Crippen LogP contribution in [0.2, 0.25) is 0 Å². The third-order valence-electron chi connectivity index (χ3n) is 3.75. The van der Waals surface area contributed by atoms with Crippen molar-refractivity contribution in [2.45, 2.75) is 32.7 Å². The van der Waals surface area contributed by atoms with Crippen LogP contribution >= 0.6 is 15.9 Å². The molecule has 2 aromatic rings. The van der Waals surface area contributed by atoms with Crippen LogP contribution in [0.1, 0.15) is 41.0 Å². The lowest BCUT2D eigenvalue weighted by Crippen LogP contribution is -2.25. The topological polar surface area (TPSA) is 56.1 Å². The summed E-state index contributed by atoms with van der Waals surface area (Å²) in [6, 6.07) is 6.67. The molecular formula is C18H23BrFN3O2. The van der Waals surface area contributed by atoms with E-state index in [1.807, 2.05) is 6.92 Å². The van der Waals surface area contributed by atoms with Crippen molar-refractivity contribution in [1.82, 2.24) is 15.1 Å². The summed E-state index contributed by atoms with van der Waals surface area (Å²) >= 11 is 3.38. The maximum absolute atomic E-state index is 14.5. The van der Waals surface area contributed by atoms with Crippen molar-refractivity contribution in [3.05, 3.63) is 47.0 Å². The van der Waals surface area contributed by atoms with E-state index < -0.39 is 5.82 Å². The molecule has 0 aliphatic heterocycles. The zero-order valence-electron chi connectivity index (χ0n) is 14.5. The van der Waals surface area contributed by atoms with Crippen LogP contribution in [0.25, 0.3) is 0 Å². The Bertz CT molecular complexity index is 718. The van der Waals surface area contributed by atoms with Gasteiger partial charge in [0.1, 0.15) is 5.69 Å². The lowest BCUT2D eigenvalue weighted by Gasteiger charge is -2.11. The average molecular weight is 412 g/mol. The third-order valence-corrected chi connectivity index (χ3v) is 4.31. The maximum Gasteiger partial charge on any atom is 0.269 e. The van der Waals surface area contributed by atoms with E-state index in [0.29, 0.717) is 17.9 Å². The van der Waals surface area contributed by atoms with E-state index in [1.165, 1.54) is 4.68 Å². The fraction of sp³-hybridized carbons (Fsp3) is 0.444. The van der Waals surface area contributed by atoms with Gasteiger partial charge in [-0.3, -0.25) is 9.48 Å². The molecule has 1 N–H and O–H groups in total. The van der Waals surface area contributed by atoms with E-state index in [4.69, 9.17) is 4.74 Å². The van der Waals surface area contributed by atoms with E-state index in [-0.39, 0.29) is 18.2 Å². The molecule has 1 aromatic carbocycles. The molecule has 7 heteroatoms. The minimum absolute atomic E-state index is 0.0929. The van der Waals surface area contributed by atoms with Gasteiger partial charge in [0.2, 0.25) is 0 Å². The molecule has 0 unspecified atom stereocenters. The molecular weight excluding hydrogens is 389 g/mol. The van der Waals surface area contributed by atoms with E-state index >= 15 is 0 Å². The van der Waals surface area contributed by atoms with E-state index in [2.05, 4.69) is 26.3 Å². The number of alkyl halides is 1. The van der Waals surface area contributed by atoms with Gasteiger partial charge in [0.05, 0.1) is 12.3 Å². The second-order valence-electron chi connectivity index (χ2n) is 5.80. The Balaban J connectivity index is 1.92. The van der Waals surface area contributed by atoms with Crippen LogP contribution in [-0.2, 0) is 13.6 Å². The van der Waals surface area contributed by atoms with Crippen LogP contribution in [0.5, 0.6) is 5.75 Å². The zero-order valence-corrected chi connectivity index (χ0v) is 16.1. The van der Waals surface area contributed by atoms with Crippen molar-refractivity contribution < 1.29 is 13.9 Å². The van der Waals surface area contributed by atoms with Gasteiger partial charge in [-0.25, -0.2) is 4.39 Å². The molecule has 0 fully saturated rings. The Morgan fingerprint density at radius 2 is 2.16 bits per heavy atom. The quantitative estimate of drug-likeness (QED) is 0.504. The molecule has 5 nitrogen and oxygen atoms in total. The number of carbonyl (C=O) groups excluding carboxylic acids is 1. The summed E-state index contributed by atoms with van der Waals surface area (Å²) in [6.45, 7) is 2.39. The number of aryl methyl sites for hydroxylation is 2. The van der Waals surface area contributed by atoms with Gasteiger partial charge in [-0.05, 0) is 38.3 Å². The third kappa shape index (κ3) is 5.56. The molecule has 0 aliphatic rings. The molecule has 1 aromatic heterocycles. The fourth-order valence-corrected chi connectivity index (χ4v) is 2.85. The van der Waals surface area contributed by atoms with Crippen molar-refractivity contribution in [1.29, 1.82) is 0 Å². The van der Waals surface area contributed by atoms with Crippen molar-refractivity contribution in [3.8, 4) is 5.75 Å². The molecule has 0 bridgehead atoms. The molecule has 25 heavy (non-hydrogen) atoms. The van der Waals surface area contributed by atoms with Gasteiger partial charge in [-0.2, -0.15) is 5.10 Å². The fourth-order valence-electron chi connectivity index (χ4n) is 2.45. The summed E-state index contributed by atoms with van der Waals surface area (Å²) in [7, 11) is 1.70. The first-order valence-corrected chi connectivity index (χ1v) is 9.40. The molecule has 0 radical (unpaired) electrons. The smallest absolute Gasteiger partial charge is 0.269 e. The molecule has 0 saturated heterocycles. The predicted octanol–water partition coefficient (Wildman–Crippen LogP) is 3.74.